The van der Waals surface area contributed by atoms with E-state index in [1.54, 1.807) is 0 Å². The highest BCUT2D eigenvalue weighted by molar-refractivity contribution is 5.94. The molecule has 164 valence electrons. The minimum atomic E-state index is -0.256. The third-order valence-corrected chi connectivity index (χ3v) is 6.48. The van der Waals surface area contributed by atoms with Crippen LogP contribution < -0.4 is 16.0 Å². The van der Waals surface area contributed by atoms with Crippen LogP contribution >= 0.6 is 0 Å². The number of benzene rings is 1. The summed E-state index contributed by atoms with van der Waals surface area (Å²) in [7, 11) is 0. The lowest BCUT2D eigenvalue weighted by Crippen LogP contribution is -2.58. The zero-order valence-electron chi connectivity index (χ0n) is 17.5. The number of fused-ring (bicyclic) bond motifs is 2. The number of hydrogen-bond acceptors (Lipinski definition) is 5. The van der Waals surface area contributed by atoms with Gasteiger partial charge in [0.1, 0.15) is 12.1 Å². The molecule has 3 unspecified atom stereocenters. The minimum Gasteiger partial charge on any atom is -0.358 e. The zero-order chi connectivity index (χ0) is 21.2. The van der Waals surface area contributed by atoms with Gasteiger partial charge in [-0.1, -0.05) is 18.6 Å². The van der Waals surface area contributed by atoms with Crippen LogP contribution in [0.2, 0.25) is 0 Å². The summed E-state index contributed by atoms with van der Waals surface area (Å²) in [6.07, 6.45) is 6.11. The summed E-state index contributed by atoms with van der Waals surface area (Å²) >= 11 is 0. The highest BCUT2D eigenvalue weighted by Crippen LogP contribution is 2.34. The van der Waals surface area contributed by atoms with E-state index < -0.39 is 0 Å². The van der Waals surface area contributed by atoms with E-state index in [9.17, 15) is 9.59 Å². The van der Waals surface area contributed by atoms with Crippen LogP contribution in [0.25, 0.3) is 0 Å². The lowest BCUT2D eigenvalue weighted by molar-refractivity contribution is -0.0602. The maximum Gasteiger partial charge on any atom is 0.317 e. The number of urea groups is 1. The second-order valence-corrected chi connectivity index (χ2v) is 8.49. The Labute approximate surface area is 180 Å². The van der Waals surface area contributed by atoms with Crippen LogP contribution in [-0.2, 0) is 24.2 Å². The zero-order valence-corrected chi connectivity index (χ0v) is 17.5. The molecule has 0 spiro atoms. The number of rotatable bonds is 4. The third kappa shape index (κ3) is 4.14. The van der Waals surface area contributed by atoms with E-state index in [4.69, 9.17) is 4.74 Å². The fourth-order valence-corrected chi connectivity index (χ4v) is 4.82. The number of aromatic nitrogens is 3. The van der Waals surface area contributed by atoms with Crippen molar-refractivity contribution in [2.45, 2.75) is 63.9 Å². The van der Waals surface area contributed by atoms with E-state index in [0.717, 1.165) is 55.9 Å². The first-order chi connectivity index (χ1) is 15.2. The topological polar surface area (TPSA) is 110 Å². The van der Waals surface area contributed by atoms with Gasteiger partial charge in [0.25, 0.3) is 5.91 Å². The van der Waals surface area contributed by atoms with Crippen LogP contribution in [0.1, 0.15) is 65.7 Å². The summed E-state index contributed by atoms with van der Waals surface area (Å²) < 4.78 is 7.87. The quantitative estimate of drug-likeness (QED) is 0.696. The maximum atomic E-state index is 12.7. The summed E-state index contributed by atoms with van der Waals surface area (Å²) in [6, 6.07) is 7.11. The number of nitrogens with one attached hydrogen (secondary N) is 3. The van der Waals surface area contributed by atoms with Gasteiger partial charge in [0.15, 0.2) is 5.82 Å². The average molecular weight is 425 g/mol. The lowest BCUT2D eigenvalue weighted by atomic mass is 9.85. The first-order valence-electron chi connectivity index (χ1n) is 11.2. The van der Waals surface area contributed by atoms with Crippen molar-refractivity contribution in [2.75, 3.05) is 6.61 Å². The average Bonchev–Trinajstić information content (AvgIpc) is 3.02. The van der Waals surface area contributed by atoms with Crippen LogP contribution in [0.4, 0.5) is 4.79 Å². The van der Waals surface area contributed by atoms with Gasteiger partial charge in [-0.2, -0.15) is 0 Å². The molecule has 1 aromatic carbocycles. The molecule has 9 heteroatoms. The molecule has 0 bridgehead atoms. The number of amides is 3. The van der Waals surface area contributed by atoms with E-state index in [1.807, 2.05) is 24.3 Å². The van der Waals surface area contributed by atoms with Crippen molar-refractivity contribution in [3.8, 4) is 0 Å². The molecule has 3 amide bonds. The second kappa shape index (κ2) is 8.66. The summed E-state index contributed by atoms with van der Waals surface area (Å²) in [4.78, 5) is 24.7. The van der Waals surface area contributed by atoms with E-state index in [-0.39, 0.29) is 30.1 Å². The Kier molecular flexibility index (Phi) is 5.59. The van der Waals surface area contributed by atoms with Crippen molar-refractivity contribution >= 4 is 11.9 Å². The number of ether oxygens (including phenoxy) is 1. The minimum absolute atomic E-state index is 0.123. The number of carbonyl (C=O) groups excluding carboxylic acids is 2. The van der Waals surface area contributed by atoms with Gasteiger partial charge in [-0.05, 0) is 43.4 Å². The standard InChI is InChI=1S/C22H28N6O3/c29-20(23-13-18-27-26-17-6-2-1-3-11-28(17)18)15-9-7-14(8-10-15)19-16-5-4-12-31-21(16)25-22(30)24-19/h7-10,16,19,21H,1-6,11-13H2,(H,23,29)(H2,24,25,30). The van der Waals surface area contributed by atoms with Crippen molar-refractivity contribution < 1.29 is 14.3 Å². The molecule has 4 heterocycles. The van der Waals surface area contributed by atoms with Crippen LogP contribution in [0, 0.1) is 5.92 Å². The maximum absolute atomic E-state index is 12.7. The normalized spacial score (nSPS) is 25.4. The second-order valence-electron chi connectivity index (χ2n) is 8.49. The Bertz CT molecular complexity index is 957. The molecule has 1 aromatic heterocycles. The molecule has 9 nitrogen and oxygen atoms in total. The molecular formula is C22H28N6O3. The fraction of sp³-hybridized carbons (Fsp3) is 0.545. The van der Waals surface area contributed by atoms with Crippen LogP contribution in [0.3, 0.4) is 0 Å². The van der Waals surface area contributed by atoms with Gasteiger partial charge in [0.05, 0.1) is 12.6 Å². The van der Waals surface area contributed by atoms with Gasteiger partial charge < -0.3 is 25.3 Å². The fourth-order valence-electron chi connectivity index (χ4n) is 4.82. The summed E-state index contributed by atoms with van der Waals surface area (Å²) in [6.45, 7) is 1.94. The molecule has 2 fully saturated rings. The van der Waals surface area contributed by atoms with Crippen molar-refractivity contribution in [1.82, 2.24) is 30.7 Å². The Balaban J connectivity index is 1.24. The van der Waals surface area contributed by atoms with Crippen molar-refractivity contribution in [2.24, 2.45) is 5.92 Å². The SMILES string of the molecule is O=C1NC2OCCCC2C(c2ccc(C(=O)NCc3nnc4n3CCCCC4)cc2)N1. The first kappa shape index (κ1) is 20.0. The van der Waals surface area contributed by atoms with Gasteiger partial charge in [0, 0.05) is 31.1 Å². The van der Waals surface area contributed by atoms with E-state index in [0.29, 0.717) is 18.7 Å². The van der Waals surface area contributed by atoms with Crippen molar-refractivity contribution in [3.63, 3.8) is 0 Å². The summed E-state index contributed by atoms with van der Waals surface area (Å²) in [5.41, 5.74) is 1.56. The number of aryl methyl sites for hydroxylation is 1. The van der Waals surface area contributed by atoms with Crippen LogP contribution in [-0.4, -0.2) is 39.5 Å². The molecule has 0 aliphatic carbocycles. The van der Waals surface area contributed by atoms with Crippen molar-refractivity contribution in [3.05, 3.63) is 47.0 Å². The van der Waals surface area contributed by atoms with Crippen LogP contribution in [0.15, 0.2) is 24.3 Å². The van der Waals surface area contributed by atoms with E-state index in [2.05, 4.69) is 30.7 Å². The van der Waals surface area contributed by atoms with E-state index >= 15 is 0 Å². The molecule has 2 aromatic rings. The van der Waals surface area contributed by atoms with Crippen LogP contribution in [0.5, 0.6) is 0 Å². The molecule has 5 rings (SSSR count). The molecule has 0 radical (unpaired) electrons. The van der Waals surface area contributed by atoms with Gasteiger partial charge >= 0.3 is 6.03 Å². The predicted octanol–water partition coefficient (Wildman–Crippen LogP) is 2.04. The monoisotopic (exact) mass is 424 g/mol. The van der Waals surface area contributed by atoms with E-state index in [1.165, 1.54) is 6.42 Å². The Hall–Kier alpha value is -2.94. The van der Waals surface area contributed by atoms with Gasteiger partial charge in [-0.15, -0.1) is 10.2 Å². The molecule has 2 saturated heterocycles. The predicted molar refractivity (Wildman–Crippen MR) is 112 cm³/mol. The number of hydrogen-bond donors (Lipinski definition) is 3. The number of carbonyl (C=O) groups is 2. The highest BCUT2D eigenvalue weighted by Gasteiger charge is 2.39. The smallest absolute Gasteiger partial charge is 0.317 e. The lowest BCUT2D eigenvalue weighted by Gasteiger charge is -2.41. The summed E-state index contributed by atoms with van der Waals surface area (Å²) in [5.74, 6) is 1.85. The number of nitrogens with zero attached hydrogens (tertiary/aromatic N) is 3. The van der Waals surface area contributed by atoms with Crippen molar-refractivity contribution in [1.29, 1.82) is 0 Å². The Morgan fingerprint density at radius 1 is 1.13 bits per heavy atom. The van der Waals surface area contributed by atoms with Gasteiger partial charge in [-0.3, -0.25) is 4.79 Å². The third-order valence-electron chi connectivity index (χ3n) is 6.48. The highest BCUT2D eigenvalue weighted by atomic mass is 16.5. The van der Waals surface area contributed by atoms with Gasteiger partial charge in [0.2, 0.25) is 0 Å². The molecule has 31 heavy (non-hydrogen) atoms. The first-order valence-corrected chi connectivity index (χ1v) is 11.2. The van der Waals surface area contributed by atoms with Gasteiger partial charge in [-0.25, -0.2) is 4.79 Å². The molecule has 3 aliphatic rings. The Morgan fingerprint density at radius 3 is 2.87 bits per heavy atom. The summed E-state index contributed by atoms with van der Waals surface area (Å²) in [5, 5.41) is 17.4. The molecule has 3 aliphatic heterocycles. The Morgan fingerprint density at radius 2 is 2.00 bits per heavy atom. The molecule has 3 N–H and O–H groups in total. The molecule has 0 saturated carbocycles. The molecule has 3 atom stereocenters. The molecular weight excluding hydrogens is 396 g/mol. The largest absolute Gasteiger partial charge is 0.358 e.